The maximum absolute atomic E-state index is 10.4. The zero-order valence-electron chi connectivity index (χ0n) is 9.81. The number of hydrogen-bond acceptors (Lipinski definition) is 5. The predicted octanol–water partition coefficient (Wildman–Crippen LogP) is 1.15. The van der Waals surface area contributed by atoms with Crippen LogP contribution in [-0.2, 0) is 21.4 Å². The van der Waals surface area contributed by atoms with Crippen LogP contribution < -0.4 is 0 Å². The van der Waals surface area contributed by atoms with Crippen molar-refractivity contribution in [3.63, 3.8) is 0 Å². The highest BCUT2D eigenvalue weighted by atomic mass is 16.5. The molecule has 2 rings (SSSR count). The fourth-order valence-electron chi connectivity index (χ4n) is 1.92. The molecule has 6 heteroatoms. The molecule has 2 heterocycles. The number of aromatic nitrogens is 2. The minimum absolute atomic E-state index is 0.00878. The smallest absolute Gasteiger partial charge is 0.303 e. The highest BCUT2D eigenvalue weighted by molar-refractivity contribution is 5.66. The third-order valence-corrected chi connectivity index (χ3v) is 2.97. The second-order valence-corrected chi connectivity index (χ2v) is 4.61. The van der Waals surface area contributed by atoms with Crippen molar-refractivity contribution >= 4 is 5.97 Å². The van der Waals surface area contributed by atoms with Crippen LogP contribution in [0.2, 0.25) is 0 Å². The average molecular weight is 240 g/mol. The number of rotatable bonds is 4. The molecular weight excluding hydrogens is 224 g/mol. The summed E-state index contributed by atoms with van der Waals surface area (Å²) in [6.07, 6.45) is 2.21. The van der Waals surface area contributed by atoms with E-state index in [1.54, 1.807) is 0 Å². The van der Waals surface area contributed by atoms with Gasteiger partial charge in [0.2, 0.25) is 11.8 Å². The quantitative estimate of drug-likeness (QED) is 0.849. The zero-order chi connectivity index (χ0) is 12.3. The Hall–Kier alpha value is -1.43. The van der Waals surface area contributed by atoms with Crippen LogP contribution in [-0.4, -0.2) is 34.5 Å². The Bertz CT molecular complexity index is 396. The third-order valence-electron chi connectivity index (χ3n) is 2.97. The number of nitrogens with zero attached hydrogens (tertiary/aromatic N) is 2. The van der Waals surface area contributed by atoms with E-state index in [-0.39, 0.29) is 18.3 Å². The highest BCUT2D eigenvalue weighted by Crippen LogP contribution is 2.31. The minimum atomic E-state index is -0.864. The lowest BCUT2D eigenvalue weighted by Gasteiger charge is -2.29. The van der Waals surface area contributed by atoms with Gasteiger partial charge in [0.15, 0.2) is 0 Å². The van der Waals surface area contributed by atoms with Crippen molar-refractivity contribution in [2.24, 2.45) is 0 Å². The lowest BCUT2D eigenvalue weighted by atomic mass is 9.85. The van der Waals surface area contributed by atoms with Crippen LogP contribution >= 0.6 is 0 Å². The van der Waals surface area contributed by atoms with Crippen LogP contribution in [0.3, 0.4) is 0 Å². The number of carboxylic acids is 1. The van der Waals surface area contributed by atoms with Gasteiger partial charge >= 0.3 is 5.97 Å². The van der Waals surface area contributed by atoms with Gasteiger partial charge in [0.25, 0.3) is 0 Å². The highest BCUT2D eigenvalue weighted by Gasteiger charge is 2.35. The Labute approximate surface area is 99.0 Å². The topological polar surface area (TPSA) is 85.5 Å². The summed E-state index contributed by atoms with van der Waals surface area (Å²) in [7, 11) is 0. The van der Waals surface area contributed by atoms with E-state index in [1.165, 1.54) is 0 Å². The minimum Gasteiger partial charge on any atom is -0.481 e. The van der Waals surface area contributed by atoms with Gasteiger partial charge in [-0.3, -0.25) is 4.79 Å². The summed E-state index contributed by atoms with van der Waals surface area (Å²) in [5.74, 6) is 0.0729. The largest absolute Gasteiger partial charge is 0.481 e. The molecule has 1 saturated heterocycles. The third kappa shape index (κ3) is 2.82. The Morgan fingerprint density at radius 3 is 3.00 bits per heavy atom. The van der Waals surface area contributed by atoms with Crippen LogP contribution in [0.15, 0.2) is 4.42 Å². The molecule has 0 bridgehead atoms. The summed E-state index contributed by atoms with van der Waals surface area (Å²) in [5.41, 5.74) is -0.229. The molecule has 0 aromatic carbocycles. The van der Waals surface area contributed by atoms with Gasteiger partial charge in [-0.05, 0) is 19.8 Å². The number of aliphatic carboxylic acids is 1. The Morgan fingerprint density at radius 1 is 1.53 bits per heavy atom. The summed E-state index contributed by atoms with van der Waals surface area (Å²) in [4.78, 5) is 10.4. The van der Waals surface area contributed by atoms with Crippen molar-refractivity contribution < 1.29 is 19.1 Å². The molecule has 1 aliphatic rings. The molecule has 0 aliphatic carbocycles. The van der Waals surface area contributed by atoms with E-state index >= 15 is 0 Å². The van der Waals surface area contributed by atoms with Crippen molar-refractivity contribution in [3.8, 4) is 0 Å². The van der Waals surface area contributed by atoms with E-state index < -0.39 is 5.97 Å². The molecule has 1 fully saturated rings. The number of ether oxygens (including phenoxy) is 1. The number of aryl methyl sites for hydroxylation is 1. The van der Waals surface area contributed by atoms with E-state index in [2.05, 4.69) is 10.2 Å². The molecule has 1 atom stereocenters. The summed E-state index contributed by atoms with van der Waals surface area (Å²) in [6.45, 7) is 3.38. The summed E-state index contributed by atoms with van der Waals surface area (Å²) < 4.78 is 10.9. The second kappa shape index (κ2) is 4.83. The van der Waals surface area contributed by atoms with Crippen LogP contribution in [0.4, 0.5) is 0 Å². The monoisotopic (exact) mass is 240 g/mol. The molecular formula is C11H16N2O4. The van der Waals surface area contributed by atoms with E-state index in [9.17, 15) is 4.79 Å². The molecule has 1 aromatic heterocycles. The molecule has 1 aromatic rings. The van der Waals surface area contributed by atoms with Crippen molar-refractivity contribution in [2.45, 2.75) is 38.0 Å². The first kappa shape index (κ1) is 12.0. The number of carboxylic acid groups (broad SMARTS) is 1. The van der Waals surface area contributed by atoms with Gasteiger partial charge in [-0.2, -0.15) is 0 Å². The van der Waals surface area contributed by atoms with E-state index in [1.807, 2.05) is 6.92 Å². The van der Waals surface area contributed by atoms with Gasteiger partial charge in [-0.25, -0.2) is 0 Å². The fourth-order valence-corrected chi connectivity index (χ4v) is 1.92. The second-order valence-electron chi connectivity index (χ2n) is 4.61. The van der Waals surface area contributed by atoms with Gasteiger partial charge in [0.1, 0.15) is 0 Å². The molecule has 94 valence electrons. The molecule has 1 N–H and O–H groups in total. The van der Waals surface area contributed by atoms with E-state index in [0.717, 1.165) is 19.4 Å². The van der Waals surface area contributed by atoms with Gasteiger partial charge in [0.05, 0.1) is 18.4 Å². The maximum atomic E-state index is 10.4. The van der Waals surface area contributed by atoms with Crippen LogP contribution in [0.1, 0.15) is 38.0 Å². The molecule has 0 saturated carbocycles. The maximum Gasteiger partial charge on any atom is 0.303 e. The van der Waals surface area contributed by atoms with Crippen molar-refractivity contribution in [1.82, 2.24) is 10.2 Å². The number of carbonyl (C=O) groups is 1. The Kier molecular flexibility index (Phi) is 3.42. The molecule has 1 aliphatic heterocycles. The molecule has 17 heavy (non-hydrogen) atoms. The molecule has 0 spiro atoms. The summed E-state index contributed by atoms with van der Waals surface area (Å²) >= 11 is 0. The lowest BCUT2D eigenvalue weighted by molar-refractivity contribution is -0.137. The van der Waals surface area contributed by atoms with Crippen LogP contribution in [0.25, 0.3) is 0 Å². The van der Waals surface area contributed by atoms with Crippen LogP contribution in [0, 0.1) is 0 Å². The van der Waals surface area contributed by atoms with Crippen molar-refractivity contribution in [2.75, 3.05) is 13.2 Å². The van der Waals surface area contributed by atoms with Crippen molar-refractivity contribution in [1.29, 1.82) is 0 Å². The van der Waals surface area contributed by atoms with E-state index in [4.69, 9.17) is 14.3 Å². The zero-order valence-corrected chi connectivity index (χ0v) is 9.81. The van der Waals surface area contributed by atoms with Gasteiger partial charge in [-0.15, -0.1) is 10.2 Å². The fraction of sp³-hybridized carbons (Fsp3) is 0.727. The molecule has 1 unspecified atom stereocenters. The standard InChI is InChI=1S/C11H16N2O4/c1-11(5-2-6-16-7-11)10-13-12-8(17-10)3-4-9(14)15/h2-7H2,1H3,(H,14,15). The van der Waals surface area contributed by atoms with Crippen molar-refractivity contribution in [3.05, 3.63) is 11.8 Å². The molecule has 6 nitrogen and oxygen atoms in total. The first-order valence-electron chi connectivity index (χ1n) is 5.72. The van der Waals surface area contributed by atoms with Gasteiger partial charge in [-0.1, -0.05) is 0 Å². The average Bonchev–Trinajstić information content (AvgIpc) is 2.76. The first-order valence-corrected chi connectivity index (χ1v) is 5.72. The molecule has 0 amide bonds. The normalized spacial score (nSPS) is 24.8. The first-order chi connectivity index (χ1) is 8.10. The lowest BCUT2D eigenvalue weighted by Crippen LogP contribution is -2.33. The van der Waals surface area contributed by atoms with E-state index in [0.29, 0.717) is 18.4 Å². The Morgan fingerprint density at radius 2 is 2.35 bits per heavy atom. The molecule has 0 radical (unpaired) electrons. The summed E-state index contributed by atoms with van der Waals surface area (Å²) in [5, 5.41) is 16.4. The Balaban J connectivity index is 2.03. The predicted molar refractivity (Wildman–Crippen MR) is 57.7 cm³/mol. The SMILES string of the molecule is CC1(c2nnc(CCC(=O)O)o2)CCCOC1. The van der Waals surface area contributed by atoms with Crippen LogP contribution in [0.5, 0.6) is 0 Å². The summed E-state index contributed by atoms with van der Waals surface area (Å²) in [6, 6.07) is 0. The number of hydrogen-bond donors (Lipinski definition) is 1. The van der Waals surface area contributed by atoms with Gasteiger partial charge < -0.3 is 14.3 Å². The van der Waals surface area contributed by atoms with Gasteiger partial charge in [0, 0.05) is 13.0 Å².